The van der Waals surface area contributed by atoms with Gasteiger partial charge < -0.3 is 5.11 Å². The van der Waals surface area contributed by atoms with E-state index < -0.39 is 5.97 Å². The minimum Gasteiger partial charge on any atom is -0.476 e. The number of hydrogen-bond acceptors (Lipinski definition) is 3. The van der Waals surface area contributed by atoms with E-state index in [1.54, 1.807) is 10.7 Å². The van der Waals surface area contributed by atoms with Gasteiger partial charge in [-0.25, -0.2) is 13.9 Å². The van der Waals surface area contributed by atoms with Crippen molar-refractivity contribution in [3.8, 4) is 0 Å². The van der Waals surface area contributed by atoms with Crippen LogP contribution in [-0.4, -0.2) is 26.1 Å². The van der Waals surface area contributed by atoms with Gasteiger partial charge in [-0.2, -0.15) is 0 Å². The van der Waals surface area contributed by atoms with Gasteiger partial charge in [0.2, 0.25) is 0 Å². The first-order valence-electron chi connectivity index (χ1n) is 6.17. The third-order valence-corrected chi connectivity index (χ3v) is 4.04. The molecule has 1 aliphatic rings. The van der Waals surface area contributed by atoms with E-state index in [1.807, 2.05) is 0 Å². The van der Waals surface area contributed by atoms with E-state index in [0.717, 1.165) is 17.3 Å². The fourth-order valence-corrected chi connectivity index (χ4v) is 2.55. The Morgan fingerprint density at radius 3 is 2.90 bits per heavy atom. The number of rotatable bonds is 4. The van der Waals surface area contributed by atoms with Crippen LogP contribution >= 0.6 is 15.9 Å². The molecule has 1 saturated carbocycles. The number of aromatic carboxylic acids is 1. The number of carboxylic acids is 1. The summed E-state index contributed by atoms with van der Waals surface area (Å²) in [7, 11) is 0. The van der Waals surface area contributed by atoms with Crippen molar-refractivity contribution in [1.29, 1.82) is 0 Å². The molecule has 104 valence electrons. The van der Waals surface area contributed by atoms with Gasteiger partial charge in [-0.05, 0) is 36.6 Å². The van der Waals surface area contributed by atoms with E-state index in [-0.39, 0.29) is 17.4 Å². The Labute approximate surface area is 122 Å². The van der Waals surface area contributed by atoms with Gasteiger partial charge in [0, 0.05) is 10.4 Å². The molecule has 1 N–H and O–H groups in total. The molecule has 0 bridgehead atoms. The van der Waals surface area contributed by atoms with Crippen molar-refractivity contribution in [2.24, 2.45) is 0 Å². The highest BCUT2D eigenvalue weighted by Gasteiger charge is 2.33. The van der Waals surface area contributed by atoms with Crippen molar-refractivity contribution >= 4 is 21.9 Å². The molecule has 0 spiro atoms. The van der Waals surface area contributed by atoms with Gasteiger partial charge in [0.15, 0.2) is 5.69 Å². The first-order valence-corrected chi connectivity index (χ1v) is 6.96. The molecule has 1 aromatic heterocycles. The minimum atomic E-state index is -1.07. The second-order valence-corrected chi connectivity index (χ2v) is 5.65. The zero-order chi connectivity index (χ0) is 14.3. The summed E-state index contributed by atoms with van der Waals surface area (Å²) in [5, 5.41) is 16.8. The first kappa shape index (κ1) is 13.2. The highest BCUT2D eigenvalue weighted by molar-refractivity contribution is 9.10. The predicted molar refractivity (Wildman–Crippen MR) is 72.2 cm³/mol. The fraction of sp³-hybridized carbons (Fsp3) is 0.308. The molecule has 0 unspecified atom stereocenters. The largest absolute Gasteiger partial charge is 0.476 e. The van der Waals surface area contributed by atoms with Crippen molar-refractivity contribution < 1.29 is 14.3 Å². The van der Waals surface area contributed by atoms with Crippen LogP contribution in [0.4, 0.5) is 4.39 Å². The summed E-state index contributed by atoms with van der Waals surface area (Å²) in [6.45, 7) is 0.296. The molecule has 1 heterocycles. The minimum absolute atomic E-state index is 0.0000236. The van der Waals surface area contributed by atoms with Gasteiger partial charge in [0.1, 0.15) is 5.82 Å². The second kappa shape index (κ2) is 4.97. The number of hydrogen-bond donors (Lipinski definition) is 1. The molecule has 0 saturated heterocycles. The molecule has 20 heavy (non-hydrogen) atoms. The molecule has 1 aromatic carbocycles. The van der Waals surface area contributed by atoms with Crippen LogP contribution in [-0.2, 0) is 6.54 Å². The Bertz CT molecular complexity index is 682. The molecule has 0 amide bonds. The van der Waals surface area contributed by atoms with Crippen LogP contribution < -0.4 is 0 Å². The normalized spacial score (nSPS) is 14.5. The molecule has 1 aliphatic carbocycles. The Morgan fingerprint density at radius 1 is 1.50 bits per heavy atom. The lowest BCUT2D eigenvalue weighted by atomic mass is 10.2. The standard InChI is InChI=1S/C13H11BrFN3O2/c14-10-4-3-9(15)5-8(10)6-18-12(7-1-2-7)11(13(19)20)16-17-18/h3-5,7H,1-2,6H2,(H,19,20). The third-order valence-electron chi connectivity index (χ3n) is 3.27. The van der Waals surface area contributed by atoms with Crippen LogP contribution in [0.25, 0.3) is 0 Å². The summed E-state index contributed by atoms with van der Waals surface area (Å²) < 4.78 is 15.6. The van der Waals surface area contributed by atoms with Crippen molar-refractivity contribution in [2.75, 3.05) is 0 Å². The lowest BCUT2D eigenvalue weighted by Crippen LogP contribution is -2.09. The molecule has 7 heteroatoms. The lowest BCUT2D eigenvalue weighted by molar-refractivity contribution is 0.0689. The van der Waals surface area contributed by atoms with E-state index in [1.165, 1.54) is 12.1 Å². The van der Waals surface area contributed by atoms with Crippen LogP contribution in [0.3, 0.4) is 0 Å². The molecule has 0 radical (unpaired) electrons. The van der Waals surface area contributed by atoms with Gasteiger partial charge in [-0.1, -0.05) is 21.1 Å². The molecule has 0 aliphatic heterocycles. The first-order chi connectivity index (χ1) is 9.56. The summed E-state index contributed by atoms with van der Waals surface area (Å²) in [5.41, 5.74) is 1.34. The second-order valence-electron chi connectivity index (χ2n) is 4.80. The lowest BCUT2D eigenvalue weighted by Gasteiger charge is -2.08. The topological polar surface area (TPSA) is 68.0 Å². The van der Waals surface area contributed by atoms with Crippen LogP contribution in [0, 0.1) is 5.82 Å². The summed E-state index contributed by atoms with van der Waals surface area (Å²) in [6, 6.07) is 4.39. The quantitative estimate of drug-likeness (QED) is 0.929. The molecule has 0 atom stereocenters. The molecule has 1 fully saturated rings. The van der Waals surface area contributed by atoms with E-state index >= 15 is 0 Å². The summed E-state index contributed by atoms with van der Waals surface area (Å²) in [5.74, 6) is -1.21. The van der Waals surface area contributed by atoms with E-state index in [0.29, 0.717) is 17.8 Å². The summed E-state index contributed by atoms with van der Waals surface area (Å²) in [6.07, 6.45) is 1.88. The maximum absolute atomic E-state index is 13.3. The molecular formula is C13H11BrFN3O2. The van der Waals surface area contributed by atoms with Gasteiger partial charge in [0.25, 0.3) is 0 Å². The number of carboxylic acid groups (broad SMARTS) is 1. The average molecular weight is 340 g/mol. The van der Waals surface area contributed by atoms with Crippen LogP contribution in [0.5, 0.6) is 0 Å². The molecule has 2 aromatic rings. The zero-order valence-corrected chi connectivity index (χ0v) is 12.0. The third kappa shape index (κ3) is 2.45. The highest BCUT2D eigenvalue weighted by atomic mass is 79.9. The maximum Gasteiger partial charge on any atom is 0.358 e. The van der Waals surface area contributed by atoms with Gasteiger partial charge in [-0.3, -0.25) is 0 Å². The molecular weight excluding hydrogens is 329 g/mol. The van der Waals surface area contributed by atoms with Crippen LogP contribution in [0.1, 0.15) is 40.5 Å². The summed E-state index contributed by atoms with van der Waals surface area (Å²) >= 11 is 3.36. The van der Waals surface area contributed by atoms with Gasteiger partial charge in [0.05, 0.1) is 12.2 Å². The van der Waals surface area contributed by atoms with Gasteiger partial charge in [-0.15, -0.1) is 5.10 Å². The number of benzene rings is 1. The van der Waals surface area contributed by atoms with E-state index in [9.17, 15) is 9.18 Å². The van der Waals surface area contributed by atoms with Crippen molar-refractivity contribution in [2.45, 2.75) is 25.3 Å². The fourth-order valence-electron chi connectivity index (χ4n) is 2.18. The zero-order valence-electron chi connectivity index (χ0n) is 10.4. The Kier molecular flexibility index (Phi) is 3.29. The van der Waals surface area contributed by atoms with Crippen molar-refractivity contribution in [3.63, 3.8) is 0 Å². The van der Waals surface area contributed by atoms with Crippen molar-refractivity contribution in [1.82, 2.24) is 15.0 Å². The highest BCUT2D eigenvalue weighted by Crippen LogP contribution is 2.41. The monoisotopic (exact) mass is 339 g/mol. The summed E-state index contributed by atoms with van der Waals surface area (Å²) in [4.78, 5) is 11.2. The number of carbonyl (C=O) groups is 1. The Morgan fingerprint density at radius 2 is 2.25 bits per heavy atom. The SMILES string of the molecule is O=C(O)c1nnn(Cc2cc(F)ccc2Br)c1C1CC1. The Hall–Kier alpha value is -1.76. The Balaban J connectivity index is 1.98. The smallest absolute Gasteiger partial charge is 0.358 e. The van der Waals surface area contributed by atoms with E-state index in [2.05, 4.69) is 26.2 Å². The predicted octanol–water partition coefficient (Wildman–Crippen LogP) is 2.80. The number of aromatic nitrogens is 3. The molecule has 5 nitrogen and oxygen atoms in total. The van der Waals surface area contributed by atoms with Gasteiger partial charge >= 0.3 is 5.97 Å². The number of halogens is 2. The molecule has 3 rings (SSSR count). The average Bonchev–Trinajstić information content (AvgIpc) is 3.15. The number of nitrogens with zero attached hydrogens (tertiary/aromatic N) is 3. The van der Waals surface area contributed by atoms with E-state index in [4.69, 9.17) is 5.11 Å². The van der Waals surface area contributed by atoms with Crippen LogP contribution in [0.15, 0.2) is 22.7 Å². The van der Waals surface area contributed by atoms with Crippen molar-refractivity contribution in [3.05, 3.63) is 45.4 Å². The maximum atomic E-state index is 13.3. The van der Waals surface area contributed by atoms with Crippen LogP contribution in [0.2, 0.25) is 0 Å².